The largest absolute Gasteiger partial charge is 0.290 e. The smallest absolute Gasteiger partial charge is 0.234 e. The molecule has 0 amide bonds. The number of para-hydroxylation sites is 1. The summed E-state index contributed by atoms with van der Waals surface area (Å²) < 4.78 is 18.0. The van der Waals surface area contributed by atoms with Crippen molar-refractivity contribution in [1.82, 2.24) is 4.34 Å². The summed E-state index contributed by atoms with van der Waals surface area (Å²) in [4.78, 5) is 0. The molecule has 0 aliphatic carbocycles. The van der Waals surface area contributed by atoms with Gasteiger partial charge in [-0.25, -0.2) is 0 Å². The third kappa shape index (κ3) is 3.36. The van der Waals surface area contributed by atoms with E-state index < -0.39 is 7.29 Å². The van der Waals surface area contributed by atoms with Crippen LogP contribution in [0.5, 0.6) is 0 Å². The molecule has 0 saturated carbocycles. The Morgan fingerprint density at radius 2 is 1.06 bits per heavy atom. The van der Waals surface area contributed by atoms with E-state index in [4.69, 9.17) is 0 Å². The molecule has 0 spiro atoms. The number of aryl methyl sites for hydroxylation is 4. The van der Waals surface area contributed by atoms with Crippen LogP contribution in [0.1, 0.15) is 22.3 Å². The lowest BCUT2D eigenvalue weighted by molar-refractivity contribution is 0.583. The Hall–Kier alpha value is -3.61. The molecule has 0 unspecified atom stereocenters. The highest BCUT2D eigenvalue weighted by atomic mass is 31.2. The third-order valence-electron chi connectivity index (χ3n) is 6.93. The average Bonchev–Trinajstić information content (AvgIpc) is 3.17. The summed E-state index contributed by atoms with van der Waals surface area (Å²) >= 11 is 0. The Labute approximate surface area is 206 Å². The number of nitrogens with zero attached hydrogens (tertiary/aromatic N) is 1. The van der Waals surface area contributed by atoms with Crippen LogP contribution in [-0.2, 0) is 4.57 Å². The van der Waals surface area contributed by atoms with Gasteiger partial charge in [-0.15, -0.1) is 0 Å². The van der Waals surface area contributed by atoms with E-state index in [0.29, 0.717) is 0 Å². The monoisotopic (exact) mass is 473 g/mol. The lowest BCUT2D eigenvalue weighted by Crippen LogP contribution is -2.23. The Balaban J connectivity index is 1.85. The van der Waals surface area contributed by atoms with Gasteiger partial charge in [0.05, 0.1) is 11.0 Å². The van der Waals surface area contributed by atoms with Gasteiger partial charge in [-0.1, -0.05) is 82.9 Å². The standard InChI is InChI=1S/C32H28NOP/c1-21-15-22(2)18-26(17-21)35(34,27-19-23(3)16-24(4)20-27)33-30-12-8-7-11-29(30)32-28-10-6-5-9-25(28)13-14-31(32)33/h5-20H,1-4H3. The van der Waals surface area contributed by atoms with Crippen LogP contribution in [0, 0.1) is 27.7 Å². The van der Waals surface area contributed by atoms with E-state index in [1.165, 1.54) is 10.8 Å². The van der Waals surface area contributed by atoms with Gasteiger partial charge in [0.1, 0.15) is 0 Å². The predicted molar refractivity (Wildman–Crippen MR) is 151 cm³/mol. The van der Waals surface area contributed by atoms with Crippen molar-refractivity contribution in [2.45, 2.75) is 27.7 Å². The van der Waals surface area contributed by atoms with Crippen LogP contribution in [0.4, 0.5) is 0 Å². The summed E-state index contributed by atoms with van der Waals surface area (Å²) in [6.45, 7) is 8.34. The molecular formula is C32H28NOP. The predicted octanol–water partition coefficient (Wildman–Crippen LogP) is 7.96. The van der Waals surface area contributed by atoms with Gasteiger partial charge >= 0.3 is 0 Å². The first-order chi connectivity index (χ1) is 16.9. The third-order valence-corrected chi connectivity index (χ3v) is 9.84. The molecule has 0 aliphatic heterocycles. The number of fused-ring (bicyclic) bond motifs is 5. The Morgan fingerprint density at radius 3 is 1.66 bits per heavy atom. The summed E-state index contributed by atoms with van der Waals surface area (Å²) in [6, 6.07) is 33.9. The minimum absolute atomic E-state index is 0.871. The van der Waals surface area contributed by atoms with Gasteiger partial charge in [-0.3, -0.25) is 8.90 Å². The molecule has 172 valence electrons. The van der Waals surface area contributed by atoms with Crippen LogP contribution in [0.2, 0.25) is 0 Å². The van der Waals surface area contributed by atoms with Crippen molar-refractivity contribution in [1.29, 1.82) is 0 Å². The Bertz CT molecular complexity index is 1730. The fourth-order valence-electron chi connectivity index (χ4n) is 5.65. The topological polar surface area (TPSA) is 22.0 Å². The summed E-state index contributed by atoms with van der Waals surface area (Å²) in [7, 11) is -3.29. The molecule has 0 aliphatic rings. The van der Waals surface area contributed by atoms with Crippen LogP contribution in [0.25, 0.3) is 32.6 Å². The fraction of sp³-hybridized carbons (Fsp3) is 0.125. The second kappa shape index (κ2) is 7.97. The SMILES string of the molecule is Cc1cc(C)cc(P(=O)(c2cc(C)cc(C)c2)n2c3ccccc3c3c4ccccc4ccc32)c1. The molecule has 0 atom stereocenters. The molecule has 6 aromatic rings. The summed E-state index contributed by atoms with van der Waals surface area (Å²) in [5.74, 6) is 0. The Kier molecular flexibility index (Phi) is 4.99. The van der Waals surface area contributed by atoms with Crippen molar-refractivity contribution in [3.63, 3.8) is 0 Å². The zero-order chi connectivity index (χ0) is 24.3. The number of hydrogen-bond acceptors (Lipinski definition) is 1. The molecule has 0 N–H and O–H groups in total. The van der Waals surface area contributed by atoms with Gasteiger partial charge in [0.2, 0.25) is 7.29 Å². The van der Waals surface area contributed by atoms with E-state index in [1.54, 1.807) is 0 Å². The summed E-state index contributed by atoms with van der Waals surface area (Å²) in [5, 5.41) is 6.41. The van der Waals surface area contributed by atoms with Gasteiger partial charge in [0, 0.05) is 21.4 Å². The van der Waals surface area contributed by atoms with Gasteiger partial charge < -0.3 is 0 Å². The number of aromatic nitrogens is 1. The lowest BCUT2D eigenvalue weighted by Gasteiger charge is -2.25. The Morgan fingerprint density at radius 1 is 0.543 bits per heavy atom. The molecule has 6 rings (SSSR count). The van der Waals surface area contributed by atoms with Gasteiger partial charge in [-0.05, 0) is 74.9 Å². The molecule has 3 heteroatoms. The molecule has 5 aromatic carbocycles. The van der Waals surface area contributed by atoms with E-state index >= 15 is 4.57 Å². The highest BCUT2D eigenvalue weighted by Crippen LogP contribution is 2.52. The van der Waals surface area contributed by atoms with Crippen LogP contribution < -0.4 is 10.6 Å². The number of benzene rings is 5. The second-order valence-electron chi connectivity index (χ2n) is 9.78. The molecule has 2 nitrogen and oxygen atoms in total. The van der Waals surface area contributed by atoms with Crippen molar-refractivity contribution >= 4 is 50.5 Å². The van der Waals surface area contributed by atoms with E-state index in [0.717, 1.165) is 54.7 Å². The first-order valence-electron chi connectivity index (χ1n) is 12.1. The van der Waals surface area contributed by atoms with Crippen molar-refractivity contribution < 1.29 is 4.57 Å². The second-order valence-corrected chi connectivity index (χ2v) is 12.4. The van der Waals surface area contributed by atoms with Crippen LogP contribution >= 0.6 is 7.29 Å². The summed E-state index contributed by atoms with van der Waals surface area (Å²) in [5.41, 5.74) is 6.49. The van der Waals surface area contributed by atoms with Crippen molar-refractivity contribution in [2.75, 3.05) is 0 Å². The van der Waals surface area contributed by atoms with Crippen molar-refractivity contribution in [3.8, 4) is 0 Å². The maximum Gasteiger partial charge on any atom is 0.234 e. The minimum Gasteiger partial charge on any atom is -0.290 e. The van der Waals surface area contributed by atoms with E-state index in [-0.39, 0.29) is 0 Å². The van der Waals surface area contributed by atoms with E-state index in [2.05, 4.69) is 123 Å². The maximum atomic E-state index is 15.8. The minimum atomic E-state index is -3.29. The van der Waals surface area contributed by atoms with Crippen LogP contribution in [-0.4, -0.2) is 4.34 Å². The van der Waals surface area contributed by atoms with Gasteiger partial charge in [-0.2, -0.15) is 0 Å². The molecule has 1 aromatic heterocycles. The van der Waals surface area contributed by atoms with Crippen molar-refractivity contribution in [2.24, 2.45) is 0 Å². The van der Waals surface area contributed by atoms with Crippen LogP contribution in [0.3, 0.4) is 0 Å². The normalized spacial score (nSPS) is 12.1. The summed E-state index contributed by atoms with van der Waals surface area (Å²) in [6.07, 6.45) is 0. The highest BCUT2D eigenvalue weighted by molar-refractivity contribution is 7.77. The molecule has 1 heterocycles. The number of rotatable bonds is 3. The lowest BCUT2D eigenvalue weighted by atomic mass is 10.0. The zero-order valence-corrected chi connectivity index (χ0v) is 21.4. The zero-order valence-electron chi connectivity index (χ0n) is 20.5. The molecule has 0 radical (unpaired) electrons. The molecule has 0 saturated heterocycles. The van der Waals surface area contributed by atoms with Gasteiger partial charge in [0.25, 0.3) is 0 Å². The van der Waals surface area contributed by atoms with Gasteiger partial charge in [0.15, 0.2) is 0 Å². The van der Waals surface area contributed by atoms with E-state index in [9.17, 15) is 0 Å². The maximum absolute atomic E-state index is 15.8. The number of hydrogen-bond donors (Lipinski definition) is 0. The first kappa shape index (κ1) is 21.9. The molecule has 35 heavy (non-hydrogen) atoms. The van der Waals surface area contributed by atoms with E-state index in [1.807, 2.05) is 6.07 Å². The van der Waals surface area contributed by atoms with Crippen LogP contribution in [0.15, 0.2) is 97.1 Å². The first-order valence-corrected chi connectivity index (χ1v) is 13.7. The fourth-order valence-corrected chi connectivity index (χ4v) is 8.88. The van der Waals surface area contributed by atoms with Crippen molar-refractivity contribution in [3.05, 3.63) is 119 Å². The highest BCUT2D eigenvalue weighted by Gasteiger charge is 2.34. The molecular weight excluding hydrogens is 445 g/mol. The average molecular weight is 474 g/mol. The molecule has 0 fully saturated rings. The quantitative estimate of drug-likeness (QED) is 0.239. The molecule has 0 bridgehead atoms.